The molecule has 0 N–H and O–H groups in total. The number of rotatable bonds is 8. The third kappa shape index (κ3) is 4.79. The molecule has 0 aliphatic carbocycles. The molecule has 0 radical (unpaired) electrons. The molecule has 0 aliphatic rings. The highest BCUT2D eigenvalue weighted by Gasteiger charge is 2.13. The topological polar surface area (TPSA) is 91.5 Å². The van der Waals surface area contributed by atoms with Crippen LogP contribution >= 0.6 is 11.3 Å². The SMILES string of the molecule is COc1ccc(C(C)=O)cc1COC(=O)CCc1nc(-c2cccs2)no1. The second kappa shape index (κ2) is 8.59. The molecule has 0 fully saturated rings. The zero-order valence-electron chi connectivity index (χ0n) is 14.9. The largest absolute Gasteiger partial charge is 0.496 e. The molecule has 3 rings (SSSR count). The van der Waals surface area contributed by atoms with E-state index in [2.05, 4.69) is 10.1 Å². The summed E-state index contributed by atoms with van der Waals surface area (Å²) in [5, 5.41) is 5.83. The van der Waals surface area contributed by atoms with Crippen molar-refractivity contribution >= 4 is 23.1 Å². The number of ketones is 1. The van der Waals surface area contributed by atoms with Crippen molar-refractivity contribution in [2.24, 2.45) is 0 Å². The van der Waals surface area contributed by atoms with Crippen molar-refractivity contribution in [3.63, 3.8) is 0 Å². The smallest absolute Gasteiger partial charge is 0.306 e. The molecule has 8 heteroatoms. The van der Waals surface area contributed by atoms with E-state index in [-0.39, 0.29) is 18.8 Å². The monoisotopic (exact) mass is 386 g/mol. The van der Waals surface area contributed by atoms with Gasteiger partial charge in [0.1, 0.15) is 12.4 Å². The van der Waals surface area contributed by atoms with Crippen molar-refractivity contribution in [3.05, 3.63) is 52.7 Å². The quantitative estimate of drug-likeness (QED) is 0.431. The summed E-state index contributed by atoms with van der Waals surface area (Å²) in [5.41, 5.74) is 1.17. The van der Waals surface area contributed by atoms with Gasteiger partial charge in [-0.3, -0.25) is 9.59 Å². The number of esters is 1. The number of benzene rings is 1. The van der Waals surface area contributed by atoms with Crippen molar-refractivity contribution in [3.8, 4) is 16.5 Å². The summed E-state index contributed by atoms with van der Waals surface area (Å²) in [6.45, 7) is 1.50. The van der Waals surface area contributed by atoms with Gasteiger partial charge in [-0.25, -0.2) is 0 Å². The number of aromatic nitrogens is 2. The Balaban J connectivity index is 1.54. The molecule has 1 aromatic carbocycles. The normalized spacial score (nSPS) is 10.6. The number of hydrogen-bond donors (Lipinski definition) is 0. The molecule has 2 aromatic heterocycles. The van der Waals surface area contributed by atoms with E-state index in [1.165, 1.54) is 25.4 Å². The van der Waals surface area contributed by atoms with Gasteiger partial charge < -0.3 is 14.0 Å². The third-order valence-corrected chi connectivity index (χ3v) is 4.69. The average molecular weight is 386 g/mol. The minimum Gasteiger partial charge on any atom is -0.496 e. The zero-order valence-corrected chi connectivity index (χ0v) is 15.7. The van der Waals surface area contributed by atoms with Gasteiger partial charge in [0.15, 0.2) is 5.78 Å². The number of methoxy groups -OCH3 is 1. The molecular weight excluding hydrogens is 368 g/mol. The summed E-state index contributed by atoms with van der Waals surface area (Å²) in [6, 6.07) is 8.83. The van der Waals surface area contributed by atoms with Crippen LogP contribution < -0.4 is 4.74 Å². The van der Waals surface area contributed by atoms with Crippen LogP contribution in [0.2, 0.25) is 0 Å². The fraction of sp³-hybridized carbons (Fsp3) is 0.263. The highest BCUT2D eigenvalue weighted by atomic mass is 32.1. The molecule has 140 valence electrons. The maximum Gasteiger partial charge on any atom is 0.306 e. The molecule has 2 heterocycles. The summed E-state index contributed by atoms with van der Waals surface area (Å²) >= 11 is 1.51. The maximum atomic E-state index is 12.0. The summed E-state index contributed by atoms with van der Waals surface area (Å²) < 4.78 is 15.7. The van der Waals surface area contributed by atoms with E-state index in [9.17, 15) is 9.59 Å². The van der Waals surface area contributed by atoms with E-state index in [1.54, 1.807) is 18.2 Å². The minimum atomic E-state index is -0.402. The van der Waals surface area contributed by atoms with Crippen LogP contribution in [0, 0.1) is 0 Å². The van der Waals surface area contributed by atoms with E-state index in [1.807, 2.05) is 17.5 Å². The van der Waals surface area contributed by atoms with Crippen LogP contribution in [-0.4, -0.2) is 29.0 Å². The highest BCUT2D eigenvalue weighted by Crippen LogP contribution is 2.23. The van der Waals surface area contributed by atoms with Crippen molar-refractivity contribution < 1.29 is 23.6 Å². The van der Waals surface area contributed by atoms with Crippen LogP contribution in [0.4, 0.5) is 0 Å². The second-order valence-corrected chi connectivity index (χ2v) is 6.68. The van der Waals surface area contributed by atoms with Crippen LogP contribution in [0.3, 0.4) is 0 Å². The summed E-state index contributed by atoms with van der Waals surface area (Å²) in [7, 11) is 1.52. The Kier molecular flexibility index (Phi) is 5.97. The number of hydrogen-bond acceptors (Lipinski definition) is 8. The first-order valence-corrected chi connectivity index (χ1v) is 9.14. The average Bonchev–Trinajstić information content (AvgIpc) is 3.35. The molecule has 0 spiro atoms. The lowest BCUT2D eigenvalue weighted by Gasteiger charge is -2.10. The molecule has 27 heavy (non-hydrogen) atoms. The molecule has 0 amide bonds. The zero-order chi connectivity index (χ0) is 19.2. The molecule has 0 aliphatic heterocycles. The van der Waals surface area contributed by atoms with Crippen LogP contribution in [-0.2, 0) is 22.6 Å². The Morgan fingerprint density at radius 1 is 1.26 bits per heavy atom. The standard InChI is InChI=1S/C19H18N2O5S/c1-12(22)13-5-6-15(24-2)14(10-13)11-25-18(23)8-7-17-20-19(21-26-17)16-4-3-9-27-16/h3-6,9-10H,7-8,11H2,1-2H3. The number of aryl methyl sites for hydroxylation is 1. The molecule has 0 saturated carbocycles. The lowest BCUT2D eigenvalue weighted by Crippen LogP contribution is -2.07. The van der Waals surface area contributed by atoms with Crippen LogP contribution in [0.1, 0.15) is 35.2 Å². The molecule has 0 bridgehead atoms. The molecule has 3 aromatic rings. The number of thiophene rings is 1. The lowest BCUT2D eigenvalue weighted by atomic mass is 10.1. The third-order valence-electron chi connectivity index (χ3n) is 3.83. The Bertz CT molecular complexity index is 933. The van der Waals surface area contributed by atoms with Gasteiger partial charge >= 0.3 is 5.97 Å². The van der Waals surface area contributed by atoms with Gasteiger partial charge in [0.05, 0.1) is 18.4 Å². The summed E-state index contributed by atoms with van der Waals surface area (Å²) in [5.74, 6) is 0.986. The van der Waals surface area contributed by atoms with Gasteiger partial charge in [0, 0.05) is 17.5 Å². The van der Waals surface area contributed by atoms with Crippen LogP contribution in [0.15, 0.2) is 40.2 Å². The number of carbonyl (C=O) groups excluding carboxylic acids is 2. The van der Waals surface area contributed by atoms with Crippen LogP contribution in [0.5, 0.6) is 5.75 Å². The predicted octanol–water partition coefficient (Wildman–Crippen LogP) is 3.69. The second-order valence-electron chi connectivity index (χ2n) is 5.73. The fourth-order valence-corrected chi connectivity index (χ4v) is 3.06. The Morgan fingerprint density at radius 3 is 2.81 bits per heavy atom. The fourth-order valence-electron chi connectivity index (χ4n) is 2.41. The summed E-state index contributed by atoms with van der Waals surface area (Å²) in [6.07, 6.45) is 0.405. The van der Waals surface area contributed by atoms with E-state index in [0.29, 0.717) is 35.0 Å². The van der Waals surface area contributed by atoms with E-state index in [0.717, 1.165) is 4.88 Å². The Labute approximate surface area is 159 Å². The van der Waals surface area contributed by atoms with Gasteiger partial charge in [0.25, 0.3) is 0 Å². The summed E-state index contributed by atoms with van der Waals surface area (Å²) in [4.78, 5) is 28.7. The highest BCUT2D eigenvalue weighted by molar-refractivity contribution is 7.13. The first kappa shape index (κ1) is 18.8. The maximum absolute atomic E-state index is 12.0. The van der Waals surface area contributed by atoms with Crippen molar-refractivity contribution in [1.29, 1.82) is 0 Å². The van der Waals surface area contributed by atoms with Gasteiger partial charge in [0.2, 0.25) is 11.7 Å². The molecular formula is C19H18N2O5S. The molecule has 0 saturated heterocycles. The van der Waals surface area contributed by atoms with Gasteiger partial charge in [-0.05, 0) is 36.6 Å². The number of ether oxygens (including phenoxy) is 2. The number of nitrogens with zero attached hydrogens (tertiary/aromatic N) is 2. The Hall–Kier alpha value is -3.00. The minimum absolute atomic E-state index is 0.0212. The van der Waals surface area contributed by atoms with Crippen molar-refractivity contribution in [2.45, 2.75) is 26.4 Å². The Morgan fingerprint density at radius 2 is 2.11 bits per heavy atom. The van der Waals surface area contributed by atoms with E-state index < -0.39 is 5.97 Å². The van der Waals surface area contributed by atoms with Crippen molar-refractivity contribution in [2.75, 3.05) is 7.11 Å². The molecule has 7 nitrogen and oxygen atoms in total. The molecule has 0 atom stereocenters. The van der Waals surface area contributed by atoms with Gasteiger partial charge in [-0.15, -0.1) is 11.3 Å². The first-order valence-electron chi connectivity index (χ1n) is 8.26. The van der Waals surface area contributed by atoms with Crippen LogP contribution in [0.25, 0.3) is 10.7 Å². The number of carbonyl (C=O) groups is 2. The predicted molar refractivity (Wildman–Crippen MR) is 98.7 cm³/mol. The number of Topliss-reactive ketones (excluding diaryl/α,β-unsaturated/α-hetero) is 1. The van der Waals surface area contributed by atoms with E-state index >= 15 is 0 Å². The van der Waals surface area contributed by atoms with Crippen molar-refractivity contribution in [1.82, 2.24) is 10.1 Å². The molecule has 0 unspecified atom stereocenters. The van der Waals surface area contributed by atoms with Gasteiger partial charge in [-0.2, -0.15) is 4.98 Å². The van der Waals surface area contributed by atoms with Gasteiger partial charge in [-0.1, -0.05) is 11.2 Å². The lowest BCUT2D eigenvalue weighted by molar-refractivity contribution is -0.145. The first-order chi connectivity index (χ1) is 13.1. The van der Waals surface area contributed by atoms with E-state index in [4.69, 9.17) is 14.0 Å².